The summed E-state index contributed by atoms with van der Waals surface area (Å²) in [6.07, 6.45) is 4.45. The molecule has 0 heterocycles. The lowest BCUT2D eigenvalue weighted by atomic mass is 9.81. The zero-order valence-electron chi connectivity index (χ0n) is 28.8. The van der Waals surface area contributed by atoms with E-state index in [0.717, 1.165) is 28.4 Å². The minimum absolute atomic E-state index is 0.137. The highest BCUT2D eigenvalue weighted by atomic mass is 15.1. The van der Waals surface area contributed by atoms with Crippen molar-refractivity contribution in [3.05, 3.63) is 204 Å². The van der Waals surface area contributed by atoms with E-state index in [4.69, 9.17) is 0 Å². The van der Waals surface area contributed by atoms with Crippen LogP contribution in [0.4, 0.5) is 34.1 Å². The lowest BCUT2D eigenvalue weighted by Gasteiger charge is -2.28. The molecule has 0 fully saturated rings. The van der Waals surface area contributed by atoms with Crippen molar-refractivity contribution in [1.29, 1.82) is 0 Å². The van der Waals surface area contributed by atoms with Crippen LogP contribution in [0, 0.1) is 6.92 Å². The van der Waals surface area contributed by atoms with Gasteiger partial charge in [0.05, 0.1) is 0 Å². The summed E-state index contributed by atoms with van der Waals surface area (Å²) in [5.41, 5.74) is 15.7. The van der Waals surface area contributed by atoms with Crippen molar-refractivity contribution in [3.63, 3.8) is 0 Å². The SMILES string of the molecule is Cc1ccc(N(c2ccccc2)c2ccc(C=Cc3ccc4c(c3)C(C)(C)c3cc(N(c5ccccc5)c5ccccc5)ccc3-4)cc2)cc1. The summed E-state index contributed by atoms with van der Waals surface area (Å²) in [6, 6.07) is 63.2. The minimum Gasteiger partial charge on any atom is -0.311 e. The van der Waals surface area contributed by atoms with Crippen LogP contribution in [0.1, 0.15) is 41.7 Å². The molecule has 7 aromatic carbocycles. The van der Waals surface area contributed by atoms with E-state index >= 15 is 0 Å². The Kier molecular flexibility index (Phi) is 8.14. The zero-order chi connectivity index (χ0) is 34.1. The molecule has 7 aromatic rings. The van der Waals surface area contributed by atoms with Gasteiger partial charge in [0.25, 0.3) is 0 Å². The van der Waals surface area contributed by atoms with Crippen molar-refractivity contribution in [3.8, 4) is 11.1 Å². The van der Waals surface area contributed by atoms with Crippen molar-refractivity contribution in [1.82, 2.24) is 0 Å². The van der Waals surface area contributed by atoms with Crippen LogP contribution in [0.15, 0.2) is 176 Å². The van der Waals surface area contributed by atoms with Crippen LogP contribution in [-0.4, -0.2) is 0 Å². The Balaban J connectivity index is 1.07. The Labute approximate surface area is 296 Å². The Bertz CT molecular complexity index is 2230. The van der Waals surface area contributed by atoms with Crippen molar-refractivity contribution < 1.29 is 0 Å². The van der Waals surface area contributed by atoms with Crippen molar-refractivity contribution >= 4 is 46.3 Å². The molecule has 0 amide bonds. The van der Waals surface area contributed by atoms with E-state index in [0.29, 0.717) is 0 Å². The van der Waals surface area contributed by atoms with Gasteiger partial charge in [0.2, 0.25) is 0 Å². The molecule has 8 rings (SSSR count). The molecule has 50 heavy (non-hydrogen) atoms. The van der Waals surface area contributed by atoms with Crippen LogP contribution in [0.5, 0.6) is 0 Å². The highest BCUT2D eigenvalue weighted by Gasteiger charge is 2.36. The van der Waals surface area contributed by atoms with Gasteiger partial charge in [-0.2, -0.15) is 0 Å². The van der Waals surface area contributed by atoms with Gasteiger partial charge in [0.1, 0.15) is 0 Å². The topological polar surface area (TPSA) is 6.48 Å². The van der Waals surface area contributed by atoms with E-state index in [2.05, 4.69) is 219 Å². The molecule has 0 saturated heterocycles. The summed E-state index contributed by atoms with van der Waals surface area (Å²) in [5, 5.41) is 0. The molecule has 0 radical (unpaired) electrons. The Hall–Kier alpha value is -6.12. The van der Waals surface area contributed by atoms with Gasteiger partial charge in [-0.05, 0) is 113 Å². The normalized spacial score (nSPS) is 12.8. The third-order valence-corrected chi connectivity index (χ3v) is 9.90. The summed E-state index contributed by atoms with van der Waals surface area (Å²) in [6.45, 7) is 6.84. The Morgan fingerprint density at radius 1 is 0.380 bits per heavy atom. The summed E-state index contributed by atoms with van der Waals surface area (Å²) in [5.74, 6) is 0. The van der Waals surface area contributed by atoms with Crippen LogP contribution < -0.4 is 9.80 Å². The number of hydrogen-bond donors (Lipinski definition) is 0. The number of benzene rings is 7. The maximum atomic E-state index is 2.39. The lowest BCUT2D eigenvalue weighted by Crippen LogP contribution is -2.16. The predicted molar refractivity (Wildman–Crippen MR) is 213 cm³/mol. The molecule has 1 aliphatic rings. The molecule has 242 valence electrons. The number of hydrogen-bond acceptors (Lipinski definition) is 2. The second kappa shape index (κ2) is 13.1. The van der Waals surface area contributed by atoms with Crippen LogP contribution in [-0.2, 0) is 5.41 Å². The molecule has 0 aromatic heterocycles. The number of nitrogens with zero attached hydrogens (tertiary/aromatic N) is 2. The molecular formula is C48H40N2. The van der Waals surface area contributed by atoms with Gasteiger partial charge in [-0.25, -0.2) is 0 Å². The van der Waals surface area contributed by atoms with Crippen molar-refractivity contribution in [2.75, 3.05) is 9.80 Å². The first-order valence-electron chi connectivity index (χ1n) is 17.4. The molecular weight excluding hydrogens is 605 g/mol. The van der Waals surface area contributed by atoms with Gasteiger partial charge in [0.15, 0.2) is 0 Å². The number of para-hydroxylation sites is 3. The molecule has 0 N–H and O–H groups in total. The van der Waals surface area contributed by atoms with Crippen LogP contribution in [0.3, 0.4) is 0 Å². The summed E-state index contributed by atoms with van der Waals surface area (Å²) in [4.78, 5) is 4.65. The molecule has 0 saturated carbocycles. The number of fused-ring (bicyclic) bond motifs is 3. The van der Waals surface area contributed by atoms with Crippen LogP contribution in [0.25, 0.3) is 23.3 Å². The molecule has 0 unspecified atom stereocenters. The van der Waals surface area contributed by atoms with Gasteiger partial charge >= 0.3 is 0 Å². The molecule has 1 aliphatic carbocycles. The fourth-order valence-corrected chi connectivity index (χ4v) is 7.23. The standard InChI is InChI=1S/C48H40N2/c1-35-19-26-41(27-20-35)49(38-13-7-4-8-14-38)42-28-23-36(24-29-42)21-22-37-25-31-44-45-32-30-43(34-47(45)48(2,3)46(44)33-37)50(39-15-9-5-10-16-39)40-17-11-6-12-18-40/h4-34H,1-3H3. The zero-order valence-corrected chi connectivity index (χ0v) is 28.8. The quantitative estimate of drug-likeness (QED) is 0.152. The van der Waals surface area contributed by atoms with E-state index in [-0.39, 0.29) is 5.41 Å². The largest absolute Gasteiger partial charge is 0.311 e. The monoisotopic (exact) mass is 644 g/mol. The summed E-state index contributed by atoms with van der Waals surface area (Å²) < 4.78 is 0. The highest BCUT2D eigenvalue weighted by molar-refractivity contribution is 5.87. The van der Waals surface area contributed by atoms with E-state index in [1.165, 1.54) is 44.6 Å². The van der Waals surface area contributed by atoms with Crippen LogP contribution >= 0.6 is 0 Å². The third kappa shape index (κ3) is 5.90. The van der Waals surface area contributed by atoms with Gasteiger partial charge < -0.3 is 9.80 Å². The first-order chi connectivity index (χ1) is 24.5. The van der Waals surface area contributed by atoms with Gasteiger partial charge in [-0.15, -0.1) is 0 Å². The average Bonchev–Trinajstić information content (AvgIpc) is 3.38. The van der Waals surface area contributed by atoms with Gasteiger partial charge in [0, 0.05) is 39.5 Å². The fraction of sp³-hybridized carbons (Fsp3) is 0.0833. The van der Waals surface area contributed by atoms with Crippen molar-refractivity contribution in [2.45, 2.75) is 26.2 Å². The van der Waals surface area contributed by atoms with Gasteiger partial charge in [-0.1, -0.05) is 135 Å². The molecule has 2 heteroatoms. The fourth-order valence-electron chi connectivity index (χ4n) is 7.23. The van der Waals surface area contributed by atoms with Crippen molar-refractivity contribution in [2.24, 2.45) is 0 Å². The third-order valence-electron chi connectivity index (χ3n) is 9.90. The van der Waals surface area contributed by atoms with E-state index in [9.17, 15) is 0 Å². The van der Waals surface area contributed by atoms with Crippen LogP contribution in [0.2, 0.25) is 0 Å². The second-order valence-corrected chi connectivity index (χ2v) is 13.6. The van der Waals surface area contributed by atoms with E-state index in [1.807, 2.05) is 0 Å². The first-order valence-corrected chi connectivity index (χ1v) is 17.4. The Morgan fingerprint density at radius 3 is 1.30 bits per heavy atom. The average molecular weight is 645 g/mol. The molecule has 0 aliphatic heterocycles. The number of rotatable bonds is 8. The lowest BCUT2D eigenvalue weighted by molar-refractivity contribution is 0.660. The Morgan fingerprint density at radius 2 is 0.760 bits per heavy atom. The van der Waals surface area contributed by atoms with E-state index in [1.54, 1.807) is 0 Å². The number of anilines is 6. The maximum Gasteiger partial charge on any atom is 0.0465 e. The first kappa shape index (κ1) is 31.2. The summed E-state index contributed by atoms with van der Waals surface area (Å²) in [7, 11) is 0. The molecule has 0 atom stereocenters. The number of aryl methyl sites for hydroxylation is 1. The summed E-state index contributed by atoms with van der Waals surface area (Å²) >= 11 is 0. The highest BCUT2D eigenvalue weighted by Crippen LogP contribution is 2.51. The molecule has 0 bridgehead atoms. The minimum atomic E-state index is -0.137. The van der Waals surface area contributed by atoms with E-state index < -0.39 is 0 Å². The smallest absolute Gasteiger partial charge is 0.0465 e. The molecule has 0 spiro atoms. The van der Waals surface area contributed by atoms with Gasteiger partial charge in [-0.3, -0.25) is 0 Å². The predicted octanol–water partition coefficient (Wildman–Crippen LogP) is 13.4. The second-order valence-electron chi connectivity index (χ2n) is 13.6. The molecule has 2 nitrogen and oxygen atoms in total. The maximum absolute atomic E-state index is 2.39.